The summed E-state index contributed by atoms with van der Waals surface area (Å²) in [6, 6.07) is 1.87. The Morgan fingerprint density at radius 2 is 1.94 bits per heavy atom. The van der Waals surface area contributed by atoms with Crippen molar-refractivity contribution in [2.75, 3.05) is 24.2 Å². The van der Waals surface area contributed by atoms with Crippen molar-refractivity contribution in [3.8, 4) is 0 Å². The maximum atomic E-state index is 4.30. The molecule has 1 aliphatic heterocycles. The zero-order valence-electron chi connectivity index (χ0n) is 9.97. The van der Waals surface area contributed by atoms with Gasteiger partial charge in [-0.15, -0.1) is 0 Å². The number of anilines is 1. The van der Waals surface area contributed by atoms with Gasteiger partial charge < -0.3 is 4.90 Å². The number of nitrogens with zero attached hydrogens (tertiary/aromatic N) is 3. The largest absolute Gasteiger partial charge is 0.341 e. The van der Waals surface area contributed by atoms with Crippen molar-refractivity contribution in [3.63, 3.8) is 0 Å². The smallest absolute Gasteiger partial charge is 0.225 e. The quantitative estimate of drug-likeness (QED) is 0.807. The monoisotopic (exact) mass is 237 g/mol. The molecule has 3 nitrogen and oxygen atoms in total. The molecule has 1 saturated heterocycles. The normalized spacial score (nSPS) is 19.8. The van der Waals surface area contributed by atoms with Crippen molar-refractivity contribution in [1.29, 1.82) is 0 Å². The molecular formula is C12H19N3S. The Kier molecular flexibility index (Phi) is 4.04. The lowest BCUT2D eigenvalue weighted by Gasteiger charge is -2.34. The zero-order chi connectivity index (χ0) is 11.4. The van der Waals surface area contributed by atoms with E-state index in [1.807, 2.05) is 30.2 Å². The van der Waals surface area contributed by atoms with Gasteiger partial charge in [-0.1, -0.05) is 6.92 Å². The third-order valence-corrected chi connectivity index (χ3v) is 4.54. The van der Waals surface area contributed by atoms with E-state index in [-0.39, 0.29) is 0 Å². The molecule has 0 aliphatic carbocycles. The minimum atomic E-state index is 0.777. The summed E-state index contributed by atoms with van der Waals surface area (Å²) in [4.78, 5) is 10.9. The maximum absolute atomic E-state index is 4.30. The first kappa shape index (κ1) is 11.7. The molecule has 0 bridgehead atoms. The van der Waals surface area contributed by atoms with Gasteiger partial charge in [0, 0.05) is 30.7 Å². The average Bonchev–Trinajstić information content (AvgIpc) is 2.39. The van der Waals surface area contributed by atoms with Crippen molar-refractivity contribution in [1.82, 2.24) is 9.97 Å². The van der Waals surface area contributed by atoms with Crippen molar-refractivity contribution < 1.29 is 0 Å². The highest BCUT2D eigenvalue weighted by molar-refractivity contribution is 7.99. The molecule has 2 heterocycles. The van der Waals surface area contributed by atoms with Crippen molar-refractivity contribution in [2.45, 2.75) is 25.0 Å². The van der Waals surface area contributed by atoms with E-state index in [1.165, 1.54) is 12.8 Å². The van der Waals surface area contributed by atoms with E-state index in [9.17, 15) is 0 Å². The fourth-order valence-electron chi connectivity index (χ4n) is 2.22. The van der Waals surface area contributed by atoms with Crippen LogP contribution in [0.15, 0.2) is 18.5 Å². The fourth-order valence-corrected chi connectivity index (χ4v) is 2.87. The van der Waals surface area contributed by atoms with Crippen molar-refractivity contribution in [3.05, 3.63) is 18.5 Å². The maximum Gasteiger partial charge on any atom is 0.225 e. The molecule has 0 aromatic carbocycles. The molecule has 0 spiro atoms. The minimum Gasteiger partial charge on any atom is -0.341 e. The molecule has 1 fully saturated rings. The molecule has 1 aromatic rings. The van der Waals surface area contributed by atoms with Crippen LogP contribution >= 0.6 is 11.8 Å². The predicted molar refractivity (Wildman–Crippen MR) is 69.9 cm³/mol. The Morgan fingerprint density at radius 1 is 1.31 bits per heavy atom. The second-order valence-electron chi connectivity index (χ2n) is 4.31. The van der Waals surface area contributed by atoms with E-state index < -0.39 is 0 Å². The number of thioether (sulfide) groups is 1. The molecule has 0 amide bonds. The number of hydrogen-bond donors (Lipinski definition) is 0. The molecule has 88 valence electrons. The summed E-state index contributed by atoms with van der Waals surface area (Å²) in [6.45, 7) is 4.53. The van der Waals surface area contributed by atoms with Gasteiger partial charge in [0.2, 0.25) is 5.95 Å². The van der Waals surface area contributed by atoms with Crippen LogP contribution in [-0.2, 0) is 0 Å². The number of piperidine rings is 1. The number of aromatic nitrogens is 2. The lowest BCUT2D eigenvalue weighted by Crippen LogP contribution is -2.37. The summed E-state index contributed by atoms with van der Waals surface area (Å²) >= 11 is 1.98. The van der Waals surface area contributed by atoms with Gasteiger partial charge in [0.15, 0.2) is 0 Å². The standard InChI is InChI=1S/C12H19N3S/c1-10(16-2)11-4-8-15(9-5-11)12-13-6-3-7-14-12/h3,6-7,10-11H,4-5,8-9H2,1-2H3. The SMILES string of the molecule is CSC(C)C1CCN(c2ncccn2)CC1. The van der Waals surface area contributed by atoms with Crippen LogP contribution in [0.1, 0.15) is 19.8 Å². The zero-order valence-corrected chi connectivity index (χ0v) is 10.8. The molecule has 16 heavy (non-hydrogen) atoms. The average molecular weight is 237 g/mol. The molecule has 0 N–H and O–H groups in total. The van der Waals surface area contributed by atoms with E-state index in [0.29, 0.717) is 0 Å². The van der Waals surface area contributed by atoms with E-state index in [1.54, 1.807) is 0 Å². The minimum absolute atomic E-state index is 0.777. The van der Waals surface area contributed by atoms with Crippen LogP contribution in [0.3, 0.4) is 0 Å². The molecular weight excluding hydrogens is 218 g/mol. The highest BCUT2D eigenvalue weighted by Gasteiger charge is 2.24. The van der Waals surface area contributed by atoms with Crippen molar-refractivity contribution in [2.24, 2.45) is 5.92 Å². The fraction of sp³-hybridized carbons (Fsp3) is 0.667. The Bertz CT molecular complexity index is 309. The Balaban J connectivity index is 1.91. The van der Waals surface area contributed by atoms with E-state index in [4.69, 9.17) is 0 Å². The summed E-state index contributed by atoms with van der Waals surface area (Å²) in [5.41, 5.74) is 0. The Morgan fingerprint density at radius 3 is 2.50 bits per heavy atom. The molecule has 0 saturated carbocycles. The Hall–Kier alpha value is -0.770. The summed E-state index contributed by atoms with van der Waals surface area (Å²) in [5.74, 6) is 1.74. The van der Waals surface area contributed by atoms with Crippen LogP contribution in [0.2, 0.25) is 0 Å². The summed E-state index contributed by atoms with van der Waals surface area (Å²) < 4.78 is 0. The van der Waals surface area contributed by atoms with Gasteiger partial charge in [-0.25, -0.2) is 9.97 Å². The molecule has 1 unspecified atom stereocenters. The van der Waals surface area contributed by atoms with Gasteiger partial charge in [0.1, 0.15) is 0 Å². The van der Waals surface area contributed by atoms with E-state index >= 15 is 0 Å². The third kappa shape index (κ3) is 2.67. The lowest BCUT2D eigenvalue weighted by atomic mass is 9.94. The van der Waals surface area contributed by atoms with E-state index in [0.717, 1.165) is 30.2 Å². The van der Waals surface area contributed by atoms with E-state index in [2.05, 4.69) is 28.0 Å². The molecule has 4 heteroatoms. The number of hydrogen-bond acceptors (Lipinski definition) is 4. The molecule has 1 aromatic heterocycles. The molecule has 2 rings (SSSR count). The molecule has 1 aliphatic rings. The van der Waals surface area contributed by atoms with Gasteiger partial charge in [-0.2, -0.15) is 11.8 Å². The molecule has 1 atom stereocenters. The van der Waals surface area contributed by atoms with Gasteiger partial charge in [0.05, 0.1) is 0 Å². The van der Waals surface area contributed by atoms with Crippen LogP contribution < -0.4 is 4.90 Å². The predicted octanol–water partition coefficient (Wildman–Crippen LogP) is 2.44. The summed E-state index contributed by atoms with van der Waals surface area (Å²) in [7, 11) is 0. The van der Waals surface area contributed by atoms with Crippen LogP contribution in [0, 0.1) is 5.92 Å². The summed E-state index contributed by atoms with van der Waals surface area (Å²) in [6.07, 6.45) is 8.37. The van der Waals surface area contributed by atoms with Gasteiger partial charge in [0.25, 0.3) is 0 Å². The van der Waals surface area contributed by atoms with Crippen LogP contribution in [0.4, 0.5) is 5.95 Å². The van der Waals surface area contributed by atoms with Crippen LogP contribution in [0.5, 0.6) is 0 Å². The summed E-state index contributed by atoms with van der Waals surface area (Å²) in [5, 5.41) is 0.777. The van der Waals surface area contributed by atoms with Crippen LogP contribution in [-0.4, -0.2) is 34.6 Å². The first-order valence-corrected chi connectivity index (χ1v) is 7.15. The van der Waals surface area contributed by atoms with Gasteiger partial charge in [-0.3, -0.25) is 0 Å². The first-order chi connectivity index (χ1) is 7.81. The second-order valence-corrected chi connectivity index (χ2v) is 5.53. The highest BCUT2D eigenvalue weighted by Crippen LogP contribution is 2.28. The molecule has 0 radical (unpaired) electrons. The Labute approximate surface area is 102 Å². The second kappa shape index (κ2) is 5.53. The van der Waals surface area contributed by atoms with Gasteiger partial charge >= 0.3 is 0 Å². The van der Waals surface area contributed by atoms with Gasteiger partial charge in [-0.05, 0) is 31.1 Å². The lowest BCUT2D eigenvalue weighted by molar-refractivity contribution is 0.401. The first-order valence-electron chi connectivity index (χ1n) is 5.86. The topological polar surface area (TPSA) is 29.0 Å². The number of rotatable bonds is 3. The van der Waals surface area contributed by atoms with Crippen molar-refractivity contribution >= 4 is 17.7 Å². The third-order valence-electron chi connectivity index (χ3n) is 3.41. The van der Waals surface area contributed by atoms with Crippen LogP contribution in [0.25, 0.3) is 0 Å². The highest BCUT2D eigenvalue weighted by atomic mass is 32.2.